The minimum Gasteiger partial charge on any atom is -0.390 e. The number of nitrogens with one attached hydrogen (secondary N) is 1. The summed E-state index contributed by atoms with van der Waals surface area (Å²) in [5.41, 5.74) is 0.869. The Bertz CT molecular complexity index is 486. The van der Waals surface area contributed by atoms with Crippen molar-refractivity contribution in [3.8, 4) is 0 Å². The topological polar surface area (TPSA) is 96.5 Å². The minimum absolute atomic E-state index is 0.0244. The Morgan fingerprint density at radius 2 is 2.05 bits per heavy atom. The summed E-state index contributed by atoms with van der Waals surface area (Å²) >= 11 is 0. The second-order valence-electron chi connectivity index (χ2n) is 5.58. The Kier molecular flexibility index (Phi) is 6.25. The van der Waals surface area contributed by atoms with Crippen molar-refractivity contribution in [2.24, 2.45) is 0 Å². The quantitative estimate of drug-likeness (QED) is 0.530. The van der Waals surface area contributed by atoms with Crippen LogP contribution >= 0.6 is 0 Å². The molecule has 8 nitrogen and oxygen atoms in total. The van der Waals surface area contributed by atoms with Crippen molar-refractivity contribution in [3.63, 3.8) is 0 Å². The Morgan fingerprint density at radius 3 is 2.52 bits per heavy atom. The van der Waals surface area contributed by atoms with Crippen molar-refractivity contribution in [2.75, 3.05) is 27.2 Å². The largest absolute Gasteiger partial charge is 0.390 e. The Balaban J connectivity index is 2.54. The van der Waals surface area contributed by atoms with Crippen molar-refractivity contribution >= 4 is 5.69 Å². The molecule has 0 radical (unpaired) electrons. The molecule has 0 aliphatic carbocycles. The van der Waals surface area contributed by atoms with E-state index in [4.69, 9.17) is 0 Å². The van der Waals surface area contributed by atoms with Gasteiger partial charge in [0.15, 0.2) is 0 Å². The second kappa shape index (κ2) is 7.48. The lowest BCUT2D eigenvalue weighted by Crippen LogP contribution is -2.39. The summed E-state index contributed by atoms with van der Waals surface area (Å²) < 4.78 is 1.50. The summed E-state index contributed by atoms with van der Waals surface area (Å²) in [6.07, 6.45) is -0.642. The van der Waals surface area contributed by atoms with Crippen LogP contribution in [0.1, 0.15) is 18.3 Å². The van der Waals surface area contributed by atoms with Crippen LogP contribution in [0.15, 0.2) is 0 Å². The van der Waals surface area contributed by atoms with E-state index in [1.54, 1.807) is 13.8 Å². The highest BCUT2D eigenvalue weighted by Gasteiger charge is 2.22. The van der Waals surface area contributed by atoms with Crippen molar-refractivity contribution < 1.29 is 10.0 Å². The van der Waals surface area contributed by atoms with Gasteiger partial charge in [-0.1, -0.05) is 0 Å². The number of rotatable bonds is 8. The van der Waals surface area contributed by atoms with Gasteiger partial charge in [0.25, 0.3) is 0 Å². The highest BCUT2D eigenvalue weighted by Crippen LogP contribution is 2.21. The van der Waals surface area contributed by atoms with Crippen LogP contribution in [-0.4, -0.2) is 64.0 Å². The average Bonchev–Trinajstić information content (AvgIpc) is 2.63. The molecular formula is C13H25N5O3. The number of nitrogens with zero attached hydrogens (tertiary/aromatic N) is 4. The summed E-state index contributed by atoms with van der Waals surface area (Å²) in [7, 11) is 4.00. The monoisotopic (exact) mass is 299 g/mol. The number of likely N-dealkylation sites (N-methyl/N-ethyl adjacent to an activating group) is 1. The van der Waals surface area contributed by atoms with Gasteiger partial charge >= 0.3 is 5.69 Å². The molecule has 21 heavy (non-hydrogen) atoms. The highest BCUT2D eigenvalue weighted by atomic mass is 16.6. The van der Waals surface area contributed by atoms with Crippen LogP contribution in [0.3, 0.4) is 0 Å². The molecule has 0 fully saturated rings. The van der Waals surface area contributed by atoms with E-state index in [0.717, 1.165) is 6.54 Å². The third-order valence-corrected chi connectivity index (χ3v) is 3.61. The zero-order chi connectivity index (χ0) is 16.2. The molecule has 0 spiro atoms. The predicted octanol–water partition coefficient (Wildman–Crippen LogP) is 0.309. The minimum atomic E-state index is -0.642. The smallest absolute Gasteiger partial charge is 0.312 e. The number of aryl methyl sites for hydroxylation is 1. The van der Waals surface area contributed by atoms with Crippen molar-refractivity contribution in [2.45, 2.75) is 39.5 Å². The molecule has 1 rings (SSSR count). The molecule has 0 aromatic carbocycles. The zero-order valence-corrected chi connectivity index (χ0v) is 13.3. The van der Waals surface area contributed by atoms with Crippen molar-refractivity contribution in [1.29, 1.82) is 0 Å². The van der Waals surface area contributed by atoms with E-state index in [2.05, 4.69) is 22.2 Å². The van der Waals surface area contributed by atoms with Gasteiger partial charge in [-0.25, -0.2) is 0 Å². The lowest BCUT2D eigenvalue weighted by molar-refractivity contribution is -0.386. The predicted molar refractivity (Wildman–Crippen MR) is 80.4 cm³/mol. The summed E-state index contributed by atoms with van der Waals surface area (Å²) in [5.74, 6) is 0. The van der Waals surface area contributed by atoms with Crippen LogP contribution in [0, 0.1) is 24.0 Å². The van der Waals surface area contributed by atoms with Gasteiger partial charge < -0.3 is 15.3 Å². The Hall–Kier alpha value is -1.51. The Morgan fingerprint density at radius 1 is 1.43 bits per heavy atom. The molecule has 120 valence electrons. The normalized spacial score (nSPS) is 14.4. The van der Waals surface area contributed by atoms with E-state index in [1.807, 2.05) is 14.1 Å². The molecule has 1 aromatic heterocycles. The first-order chi connectivity index (χ1) is 9.73. The van der Waals surface area contributed by atoms with Gasteiger partial charge in [-0.05, 0) is 34.9 Å². The maximum atomic E-state index is 10.9. The summed E-state index contributed by atoms with van der Waals surface area (Å²) in [6, 6.07) is 0.368. The van der Waals surface area contributed by atoms with Gasteiger partial charge in [-0.15, -0.1) is 0 Å². The number of hydrogen-bond acceptors (Lipinski definition) is 6. The molecule has 8 heteroatoms. The maximum Gasteiger partial charge on any atom is 0.312 e. The van der Waals surface area contributed by atoms with E-state index in [0.29, 0.717) is 24.0 Å². The lowest BCUT2D eigenvalue weighted by Gasteiger charge is -2.21. The fourth-order valence-electron chi connectivity index (χ4n) is 2.04. The van der Waals surface area contributed by atoms with Crippen LogP contribution < -0.4 is 5.32 Å². The van der Waals surface area contributed by atoms with Gasteiger partial charge in [0.05, 0.1) is 17.6 Å². The van der Waals surface area contributed by atoms with Crippen molar-refractivity contribution in [1.82, 2.24) is 20.0 Å². The van der Waals surface area contributed by atoms with Crippen LogP contribution in [-0.2, 0) is 6.54 Å². The molecule has 1 heterocycles. The molecule has 0 saturated carbocycles. The van der Waals surface area contributed by atoms with Gasteiger partial charge in [0.1, 0.15) is 11.4 Å². The number of aromatic nitrogens is 2. The molecule has 0 amide bonds. The lowest BCUT2D eigenvalue weighted by atomic mass is 10.3. The number of aliphatic hydroxyl groups excluding tert-OH is 1. The third kappa shape index (κ3) is 4.76. The fraction of sp³-hybridized carbons (Fsp3) is 0.769. The third-order valence-electron chi connectivity index (χ3n) is 3.61. The Labute approximate surface area is 124 Å². The first-order valence-corrected chi connectivity index (χ1v) is 6.97. The van der Waals surface area contributed by atoms with Gasteiger partial charge in [0, 0.05) is 19.1 Å². The van der Waals surface area contributed by atoms with Crippen LogP contribution in [0.2, 0.25) is 0 Å². The van der Waals surface area contributed by atoms with Crippen LogP contribution in [0.25, 0.3) is 0 Å². The summed E-state index contributed by atoms with van der Waals surface area (Å²) in [6.45, 7) is 6.76. The zero-order valence-electron chi connectivity index (χ0n) is 13.3. The highest BCUT2D eigenvalue weighted by molar-refractivity contribution is 5.39. The van der Waals surface area contributed by atoms with Crippen LogP contribution in [0.5, 0.6) is 0 Å². The maximum absolute atomic E-state index is 10.9. The average molecular weight is 299 g/mol. The first kappa shape index (κ1) is 17.5. The summed E-state index contributed by atoms with van der Waals surface area (Å²) in [4.78, 5) is 12.6. The molecule has 0 aliphatic heterocycles. The molecule has 2 atom stereocenters. The number of nitro groups is 1. The van der Waals surface area contributed by atoms with E-state index >= 15 is 0 Å². The summed E-state index contributed by atoms with van der Waals surface area (Å²) in [5, 5.41) is 28.2. The van der Waals surface area contributed by atoms with Crippen molar-refractivity contribution in [3.05, 3.63) is 21.5 Å². The number of hydrogen-bond donors (Lipinski definition) is 2. The molecule has 0 saturated heterocycles. The standard InChI is InChI=1S/C13H25N5O3/c1-9(16(4)5)6-14-7-12(19)8-17-11(3)13(18(20)21)10(2)15-17/h9,12,14,19H,6-8H2,1-5H3. The van der Waals surface area contributed by atoms with E-state index in [9.17, 15) is 15.2 Å². The fourth-order valence-corrected chi connectivity index (χ4v) is 2.04. The molecule has 1 aromatic rings. The molecule has 0 bridgehead atoms. The first-order valence-electron chi connectivity index (χ1n) is 6.97. The van der Waals surface area contributed by atoms with E-state index in [-0.39, 0.29) is 12.2 Å². The van der Waals surface area contributed by atoms with E-state index < -0.39 is 11.0 Å². The van der Waals surface area contributed by atoms with Gasteiger partial charge in [-0.3, -0.25) is 14.8 Å². The molecule has 2 unspecified atom stereocenters. The molecular weight excluding hydrogens is 274 g/mol. The van der Waals surface area contributed by atoms with Crippen LogP contribution in [0.4, 0.5) is 5.69 Å². The molecule has 2 N–H and O–H groups in total. The number of aliphatic hydroxyl groups is 1. The van der Waals surface area contributed by atoms with E-state index in [1.165, 1.54) is 4.68 Å². The van der Waals surface area contributed by atoms with Gasteiger partial charge in [-0.2, -0.15) is 5.10 Å². The molecule has 0 aliphatic rings. The second-order valence-corrected chi connectivity index (χ2v) is 5.58. The van der Waals surface area contributed by atoms with Gasteiger partial charge in [0.2, 0.25) is 0 Å². The SMILES string of the molecule is Cc1nn(CC(O)CNCC(C)N(C)C)c(C)c1[N+](=O)[O-].